The molecule has 0 N–H and O–H groups in total. The van der Waals surface area contributed by atoms with Crippen molar-refractivity contribution in [2.24, 2.45) is 0 Å². The maximum Gasteiger partial charge on any atom is 0.134 e. The van der Waals surface area contributed by atoms with Gasteiger partial charge in [0.1, 0.15) is 47.7 Å². The molecule has 6 aromatic rings. The fraction of sp³-hybridized carbons (Fsp3) is 0.400. The summed E-state index contributed by atoms with van der Waals surface area (Å²) in [7, 11) is 0. The Hall–Kier alpha value is -5.88. The van der Waals surface area contributed by atoms with Gasteiger partial charge in [-0.1, -0.05) is 152 Å². The molecule has 2 aliphatic heterocycles. The van der Waals surface area contributed by atoms with E-state index in [1.165, 1.54) is 51.4 Å². The molecule has 0 saturated heterocycles. The molecule has 0 saturated carbocycles. The van der Waals surface area contributed by atoms with Crippen LogP contribution in [0.2, 0.25) is 0 Å². The molecule has 0 radical (unpaired) electrons. The smallest absolute Gasteiger partial charge is 0.134 e. The Bertz CT molecular complexity index is 2280. The lowest BCUT2D eigenvalue weighted by atomic mass is 9.73. The standard InChI is InChI=1S/C60H70O6/c1-5-9-13-37-61-51-27-19-47(20-28-51)59(48-21-29-52(30-22-48)62-38-14-10-6-2)41-45-17-35-56-55(57(45)65-43-59)36-18-46-42-60(44-66-58(46)56,49-23-31-53(32-24-49)63-39-15-11-7-3)50-25-33-54(34-26-50)64-40-16-12-8-4/h17-36,41-42H,5-16,37-40,43-44H2,1-4H3. The van der Waals surface area contributed by atoms with Gasteiger partial charge >= 0.3 is 0 Å². The summed E-state index contributed by atoms with van der Waals surface area (Å²) < 4.78 is 38.6. The van der Waals surface area contributed by atoms with Gasteiger partial charge in [-0.2, -0.15) is 0 Å². The van der Waals surface area contributed by atoms with E-state index in [2.05, 4.69) is 161 Å². The molecule has 66 heavy (non-hydrogen) atoms. The second kappa shape index (κ2) is 22.5. The molecule has 2 heterocycles. The third-order valence-electron chi connectivity index (χ3n) is 13.4. The zero-order valence-electron chi connectivity index (χ0n) is 39.9. The van der Waals surface area contributed by atoms with Crippen molar-refractivity contribution < 1.29 is 28.4 Å². The molecule has 6 nitrogen and oxygen atoms in total. The first-order chi connectivity index (χ1) is 32.5. The summed E-state index contributed by atoms with van der Waals surface area (Å²) in [6.45, 7) is 12.6. The van der Waals surface area contributed by atoms with Crippen molar-refractivity contribution in [2.75, 3.05) is 39.6 Å². The minimum Gasteiger partial charge on any atom is -0.494 e. The summed E-state index contributed by atoms with van der Waals surface area (Å²) >= 11 is 0. The lowest BCUT2D eigenvalue weighted by Gasteiger charge is -2.36. The van der Waals surface area contributed by atoms with Crippen LogP contribution in [0.5, 0.6) is 34.5 Å². The highest BCUT2D eigenvalue weighted by Crippen LogP contribution is 2.43. The lowest BCUT2D eigenvalue weighted by molar-refractivity contribution is 0.265. The van der Waals surface area contributed by atoms with E-state index in [0.29, 0.717) is 13.2 Å². The second-order valence-corrected chi connectivity index (χ2v) is 18.2. The fourth-order valence-electron chi connectivity index (χ4n) is 9.48. The van der Waals surface area contributed by atoms with Crippen LogP contribution in [0.3, 0.4) is 0 Å². The van der Waals surface area contributed by atoms with Crippen LogP contribution >= 0.6 is 0 Å². The number of hydrogen-bond acceptors (Lipinski definition) is 6. The molecule has 0 bridgehead atoms. The third kappa shape index (κ3) is 10.5. The van der Waals surface area contributed by atoms with E-state index in [-0.39, 0.29) is 0 Å². The Morgan fingerprint density at radius 3 is 0.879 bits per heavy atom. The van der Waals surface area contributed by atoms with Crippen molar-refractivity contribution >= 4 is 22.9 Å². The minimum atomic E-state index is -0.535. The van der Waals surface area contributed by atoms with Gasteiger partial charge in [0, 0.05) is 21.2 Å². The van der Waals surface area contributed by atoms with E-state index in [0.717, 1.165) is 130 Å². The van der Waals surface area contributed by atoms with Crippen LogP contribution < -0.4 is 38.9 Å². The van der Waals surface area contributed by atoms with E-state index >= 15 is 0 Å². The molecule has 6 aromatic carbocycles. The van der Waals surface area contributed by atoms with Crippen LogP contribution in [-0.2, 0) is 10.8 Å². The molecule has 0 unspecified atom stereocenters. The predicted octanol–water partition coefficient (Wildman–Crippen LogP) is 13.4. The molecule has 0 amide bonds. The molecule has 346 valence electrons. The number of unbranched alkanes of at least 4 members (excludes halogenated alkanes) is 8. The van der Waals surface area contributed by atoms with Crippen LogP contribution in [0.25, 0.3) is 22.9 Å². The highest BCUT2D eigenvalue weighted by molar-refractivity contribution is 5.95. The first-order valence-corrected chi connectivity index (χ1v) is 25.0. The summed E-state index contributed by atoms with van der Waals surface area (Å²) in [5, 5.41) is 4.18. The van der Waals surface area contributed by atoms with Gasteiger partial charge in [-0.05, 0) is 109 Å². The Morgan fingerprint density at radius 2 is 0.621 bits per heavy atom. The zero-order valence-corrected chi connectivity index (χ0v) is 39.9. The maximum atomic E-state index is 7.00. The van der Waals surface area contributed by atoms with E-state index in [1.807, 2.05) is 0 Å². The summed E-state index contributed by atoms with van der Waals surface area (Å²) in [5.74, 6) is 5.32. The topological polar surface area (TPSA) is 55.4 Å². The largest absolute Gasteiger partial charge is 0.494 e. The van der Waals surface area contributed by atoms with Crippen molar-refractivity contribution in [3.05, 3.63) is 154 Å². The SMILES string of the molecule is CCCCCOc1ccc(C2(c3ccc(OCCCCC)cc3)C=c3ccc4c5c(ccc4c3OC2)=CC(c2ccc(OCCCCC)cc2)(c2ccc(OCCCCC)cc2)CO5)cc1. The Morgan fingerprint density at radius 1 is 0.348 bits per heavy atom. The third-order valence-corrected chi connectivity index (χ3v) is 13.4. The van der Waals surface area contributed by atoms with Crippen molar-refractivity contribution in [1.29, 1.82) is 0 Å². The number of benzene rings is 6. The number of hydrogen-bond donors (Lipinski definition) is 0. The molecule has 2 aliphatic rings. The van der Waals surface area contributed by atoms with E-state index in [4.69, 9.17) is 28.4 Å². The van der Waals surface area contributed by atoms with Crippen LogP contribution in [0.1, 0.15) is 127 Å². The van der Waals surface area contributed by atoms with Crippen LogP contribution in [0.4, 0.5) is 0 Å². The van der Waals surface area contributed by atoms with Crippen LogP contribution in [0.15, 0.2) is 121 Å². The predicted molar refractivity (Wildman–Crippen MR) is 271 cm³/mol. The quantitative estimate of drug-likeness (QED) is 0.0565. The Kier molecular flexibility index (Phi) is 15.9. The zero-order chi connectivity index (χ0) is 45.6. The van der Waals surface area contributed by atoms with Gasteiger partial charge < -0.3 is 28.4 Å². The van der Waals surface area contributed by atoms with E-state index in [1.54, 1.807) is 0 Å². The molecule has 8 rings (SSSR count). The molecular weight excluding hydrogens is 817 g/mol. The van der Waals surface area contributed by atoms with Gasteiger partial charge in [0.2, 0.25) is 0 Å². The molecule has 0 atom stereocenters. The van der Waals surface area contributed by atoms with Crippen molar-refractivity contribution in [1.82, 2.24) is 0 Å². The number of fused-ring (bicyclic) bond motifs is 5. The summed E-state index contributed by atoms with van der Waals surface area (Å²) in [6, 6.07) is 43.2. The number of ether oxygens (including phenoxy) is 6. The van der Waals surface area contributed by atoms with Gasteiger partial charge in [-0.3, -0.25) is 0 Å². The average Bonchev–Trinajstić information content (AvgIpc) is 3.37. The fourth-order valence-corrected chi connectivity index (χ4v) is 9.48. The average molecular weight is 887 g/mol. The van der Waals surface area contributed by atoms with Gasteiger partial charge in [-0.15, -0.1) is 0 Å². The summed E-state index contributed by atoms with van der Waals surface area (Å²) in [4.78, 5) is 0. The van der Waals surface area contributed by atoms with Crippen molar-refractivity contribution in [3.63, 3.8) is 0 Å². The van der Waals surface area contributed by atoms with E-state index in [9.17, 15) is 0 Å². The normalized spacial score (nSPS) is 14.4. The van der Waals surface area contributed by atoms with Crippen molar-refractivity contribution in [3.8, 4) is 34.5 Å². The second-order valence-electron chi connectivity index (χ2n) is 18.2. The van der Waals surface area contributed by atoms with Gasteiger partial charge in [0.15, 0.2) is 0 Å². The first kappa shape index (κ1) is 46.6. The number of rotatable bonds is 24. The lowest BCUT2D eigenvalue weighted by Crippen LogP contribution is -2.39. The first-order valence-electron chi connectivity index (χ1n) is 25.0. The summed E-state index contributed by atoms with van der Waals surface area (Å²) in [6.07, 6.45) is 18.4. The monoisotopic (exact) mass is 887 g/mol. The van der Waals surface area contributed by atoms with Crippen molar-refractivity contribution in [2.45, 2.75) is 116 Å². The van der Waals surface area contributed by atoms with E-state index < -0.39 is 10.8 Å². The highest BCUT2D eigenvalue weighted by atomic mass is 16.5. The Labute approximate surface area is 393 Å². The minimum absolute atomic E-state index is 0.441. The van der Waals surface area contributed by atoms with Crippen LogP contribution in [0, 0.1) is 0 Å². The molecule has 0 spiro atoms. The van der Waals surface area contributed by atoms with Gasteiger partial charge in [0.05, 0.1) is 37.3 Å². The Balaban J connectivity index is 1.16. The molecule has 0 aromatic heterocycles. The molecule has 0 fully saturated rings. The van der Waals surface area contributed by atoms with Gasteiger partial charge in [0.25, 0.3) is 0 Å². The molecule has 0 aliphatic carbocycles. The van der Waals surface area contributed by atoms with Crippen LogP contribution in [-0.4, -0.2) is 39.6 Å². The maximum absolute atomic E-state index is 7.00. The van der Waals surface area contributed by atoms with Gasteiger partial charge in [-0.25, -0.2) is 0 Å². The molecular formula is C60H70O6. The molecule has 6 heteroatoms. The summed E-state index contributed by atoms with van der Waals surface area (Å²) in [5.41, 5.74) is 3.53. The highest BCUT2D eigenvalue weighted by Gasteiger charge is 2.38.